The quantitative estimate of drug-likeness (QED) is 0.525. The van der Waals surface area contributed by atoms with E-state index in [9.17, 15) is 32.5 Å². The fourth-order valence-corrected chi connectivity index (χ4v) is 3.88. The molecule has 1 fully saturated rings. The first kappa shape index (κ1) is 21.4. The lowest BCUT2D eigenvalue weighted by Crippen LogP contribution is -2.34. The molecule has 3 rings (SSSR count). The summed E-state index contributed by atoms with van der Waals surface area (Å²) in [5, 5.41) is 10.9. The van der Waals surface area contributed by atoms with Crippen LogP contribution in [-0.2, 0) is 19.4 Å². The monoisotopic (exact) mass is 435 g/mol. The van der Waals surface area contributed by atoms with Crippen molar-refractivity contribution in [2.24, 2.45) is 5.92 Å². The average molecular weight is 435 g/mol. The van der Waals surface area contributed by atoms with Gasteiger partial charge in [-0.3, -0.25) is 19.7 Å². The number of carbonyl (C=O) groups is 2. The molecule has 0 aliphatic carbocycles. The van der Waals surface area contributed by atoms with Crippen LogP contribution in [0, 0.1) is 21.8 Å². The number of nitro groups is 1. The van der Waals surface area contributed by atoms with Crippen molar-refractivity contribution in [1.29, 1.82) is 0 Å². The summed E-state index contributed by atoms with van der Waals surface area (Å²) < 4.78 is 36.7. The maximum absolute atomic E-state index is 13.6. The lowest BCUT2D eigenvalue weighted by Gasteiger charge is -2.22. The number of rotatable bonds is 5. The van der Waals surface area contributed by atoms with E-state index in [1.165, 1.54) is 47.2 Å². The number of anilines is 2. The van der Waals surface area contributed by atoms with Gasteiger partial charge in [-0.2, -0.15) is 4.39 Å². The minimum Gasteiger partial charge on any atom is -0.315 e. The highest BCUT2D eigenvalue weighted by Gasteiger charge is 2.37. The molecule has 1 aliphatic heterocycles. The second-order valence-electron chi connectivity index (χ2n) is 6.96. The molecule has 0 spiro atoms. The summed E-state index contributed by atoms with van der Waals surface area (Å²) in [4.78, 5) is 37.9. The van der Waals surface area contributed by atoms with Crippen molar-refractivity contribution in [3.8, 4) is 0 Å². The van der Waals surface area contributed by atoms with Crippen LogP contribution < -0.4 is 9.80 Å². The number of halogens is 1. The van der Waals surface area contributed by atoms with Gasteiger partial charge >= 0.3 is 5.69 Å². The lowest BCUT2D eigenvalue weighted by molar-refractivity contribution is -0.387. The molecule has 0 radical (unpaired) electrons. The molecular weight excluding hydrogens is 417 g/mol. The third-order valence-electron chi connectivity index (χ3n) is 4.90. The smallest absolute Gasteiger partial charge is 0.306 e. The number of sulfone groups is 1. The molecule has 0 N–H and O–H groups in total. The summed E-state index contributed by atoms with van der Waals surface area (Å²) >= 11 is 0. The minimum atomic E-state index is -3.37. The normalized spacial score (nSPS) is 16.6. The Bertz CT molecular complexity index is 1130. The lowest BCUT2D eigenvalue weighted by atomic mass is 10.1. The van der Waals surface area contributed by atoms with E-state index in [1.54, 1.807) is 0 Å². The molecule has 0 aromatic heterocycles. The molecule has 2 aromatic carbocycles. The van der Waals surface area contributed by atoms with Gasteiger partial charge in [0.15, 0.2) is 9.84 Å². The summed E-state index contributed by atoms with van der Waals surface area (Å²) in [6.45, 7) is -0.00772. The summed E-state index contributed by atoms with van der Waals surface area (Å²) in [5.41, 5.74) is -0.155. The van der Waals surface area contributed by atoms with E-state index in [0.717, 1.165) is 18.4 Å². The zero-order valence-corrected chi connectivity index (χ0v) is 16.9. The summed E-state index contributed by atoms with van der Waals surface area (Å²) in [7, 11) is -1.86. The molecule has 11 heteroatoms. The fraction of sp³-hybridized carbons (Fsp3) is 0.263. The van der Waals surface area contributed by atoms with Crippen molar-refractivity contribution < 1.29 is 27.3 Å². The molecule has 9 nitrogen and oxygen atoms in total. The molecule has 1 aliphatic rings. The van der Waals surface area contributed by atoms with Gasteiger partial charge in [-0.15, -0.1) is 0 Å². The SMILES string of the molecule is CN(C(=O)C1CC(=O)N(c2ccc(F)c([N+](=O)[O-])c2)C1)c1ccc(S(C)(=O)=O)cc1. The highest BCUT2D eigenvalue weighted by atomic mass is 32.2. The van der Waals surface area contributed by atoms with Crippen molar-refractivity contribution in [3.63, 3.8) is 0 Å². The van der Waals surface area contributed by atoms with Gasteiger partial charge in [-0.25, -0.2) is 8.42 Å². The number of nitrogens with zero attached hydrogens (tertiary/aromatic N) is 3. The van der Waals surface area contributed by atoms with Crippen LogP contribution in [0.4, 0.5) is 21.5 Å². The molecule has 1 heterocycles. The van der Waals surface area contributed by atoms with Gasteiger partial charge in [0, 0.05) is 38.0 Å². The van der Waals surface area contributed by atoms with Crippen LogP contribution in [0.2, 0.25) is 0 Å². The predicted molar refractivity (Wildman–Crippen MR) is 106 cm³/mol. The van der Waals surface area contributed by atoms with Crippen molar-refractivity contribution in [3.05, 3.63) is 58.4 Å². The summed E-state index contributed by atoms with van der Waals surface area (Å²) in [6, 6.07) is 8.88. The van der Waals surface area contributed by atoms with E-state index in [-0.39, 0.29) is 29.5 Å². The maximum Gasteiger partial charge on any atom is 0.306 e. The Kier molecular flexibility index (Phi) is 5.57. The van der Waals surface area contributed by atoms with Crippen molar-refractivity contribution in [1.82, 2.24) is 0 Å². The first-order valence-corrected chi connectivity index (χ1v) is 10.7. The minimum absolute atomic E-state index is 0.00772. The number of hydrogen-bond donors (Lipinski definition) is 0. The van der Waals surface area contributed by atoms with Crippen LogP contribution in [0.1, 0.15) is 6.42 Å². The molecule has 0 bridgehead atoms. The van der Waals surface area contributed by atoms with Gasteiger partial charge in [0.2, 0.25) is 17.6 Å². The van der Waals surface area contributed by atoms with Gasteiger partial charge in [0.1, 0.15) is 0 Å². The van der Waals surface area contributed by atoms with Crippen molar-refractivity contribution in [2.45, 2.75) is 11.3 Å². The molecule has 0 saturated carbocycles. The Balaban J connectivity index is 1.78. The second kappa shape index (κ2) is 7.82. The number of hydrogen-bond acceptors (Lipinski definition) is 6. The molecule has 1 unspecified atom stereocenters. The fourth-order valence-electron chi connectivity index (χ4n) is 3.25. The van der Waals surface area contributed by atoms with E-state index in [0.29, 0.717) is 5.69 Å². The Hall–Kier alpha value is -3.34. The van der Waals surface area contributed by atoms with Gasteiger partial charge in [0.25, 0.3) is 0 Å². The Labute approximate surface area is 171 Å². The molecule has 1 atom stereocenters. The van der Waals surface area contributed by atoms with Gasteiger partial charge in [-0.05, 0) is 36.4 Å². The highest BCUT2D eigenvalue weighted by molar-refractivity contribution is 7.90. The standard InChI is InChI=1S/C19H18FN3O6S/c1-21(13-3-6-15(7-4-13)30(2,28)29)19(25)12-9-18(24)22(11-12)14-5-8-16(20)17(10-14)23(26)27/h3-8,10,12H,9,11H2,1-2H3. The number of nitro benzene ring substituents is 1. The summed E-state index contributed by atoms with van der Waals surface area (Å²) in [5.74, 6) is -2.49. The molecular formula is C19H18FN3O6S. The van der Waals surface area contributed by atoms with Crippen molar-refractivity contribution in [2.75, 3.05) is 29.6 Å². The number of amides is 2. The van der Waals surface area contributed by atoms with E-state index in [1.807, 2.05) is 0 Å². The van der Waals surface area contributed by atoms with Crippen LogP contribution >= 0.6 is 0 Å². The van der Waals surface area contributed by atoms with Crippen molar-refractivity contribution >= 4 is 38.7 Å². The van der Waals surface area contributed by atoms with Crippen LogP contribution in [0.3, 0.4) is 0 Å². The van der Waals surface area contributed by atoms with E-state index in [4.69, 9.17) is 0 Å². The van der Waals surface area contributed by atoms with Gasteiger partial charge in [0.05, 0.1) is 21.4 Å². The number of carbonyl (C=O) groups excluding carboxylic acids is 2. The highest BCUT2D eigenvalue weighted by Crippen LogP contribution is 2.31. The third-order valence-corrected chi connectivity index (χ3v) is 6.02. The predicted octanol–water partition coefficient (Wildman–Crippen LogP) is 2.15. The number of benzene rings is 2. The molecule has 30 heavy (non-hydrogen) atoms. The zero-order chi connectivity index (χ0) is 22.2. The van der Waals surface area contributed by atoms with E-state index < -0.39 is 38.1 Å². The Morgan fingerprint density at radius 1 is 1.23 bits per heavy atom. The first-order valence-electron chi connectivity index (χ1n) is 8.81. The van der Waals surface area contributed by atoms with Crippen LogP contribution in [0.5, 0.6) is 0 Å². The maximum atomic E-state index is 13.6. The molecule has 2 amide bonds. The topological polar surface area (TPSA) is 118 Å². The van der Waals surface area contributed by atoms with Gasteiger partial charge < -0.3 is 9.80 Å². The van der Waals surface area contributed by atoms with E-state index in [2.05, 4.69) is 0 Å². The average Bonchev–Trinajstić information content (AvgIpc) is 3.08. The van der Waals surface area contributed by atoms with Gasteiger partial charge in [-0.1, -0.05) is 0 Å². The van der Waals surface area contributed by atoms with Crippen LogP contribution in [-0.4, -0.2) is 45.0 Å². The molecule has 158 valence electrons. The van der Waals surface area contributed by atoms with E-state index >= 15 is 0 Å². The Morgan fingerprint density at radius 3 is 2.43 bits per heavy atom. The first-order chi connectivity index (χ1) is 14.0. The summed E-state index contributed by atoms with van der Waals surface area (Å²) in [6.07, 6.45) is 0.977. The molecule has 2 aromatic rings. The van der Waals surface area contributed by atoms with Crippen LogP contribution in [0.25, 0.3) is 0 Å². The Morgan fingerprint density at radius 2 is 1.87 bits per heavy atom. The molecule has 1 saturated heterocycles. The van der Waals surface area contributed by atoms with Crippen LogP contribution in [0.15, 0.2) is 47.4 Å². The third kappa shape index (κ3) is 4.15. The zero-order valence-electron chi connectivity index (χ0n) is 16.1. The second-order valence-corrected chi connectivity index (χ2v) is 8.98. The largest absolute Gasteiger partial charge is 0.315 e.